The van der Waals surface area contributed by atoms with Gasteiger partial charge in [-0.2, -0.15) is 0 Å². The first-order valence-electron chi connectivity index (χ1n) is 3.84. The van der Waals surface area contributed by atoms with Crippen LogP contribution in [-0.4, -0.2) is 12.5 Å². The van der Waals surface area contributed by atoms with Gasteiger partial charge in [-0.25, -0.2) is 0 Å². The van der Waals surface area contributed by atoms with Crippen LogP contribution >= 0.6 is 11.6 Å². The number of hydrogen-bond donors (Lipinski definition) is 0. The molecule has 2 rings (SSSR count). The largest absolute Gasteiger partial charge is 0.310 e. The summed E-state index contributed by atoms with van der Waals surface area (Å²) in [5.74, 6) is 0.156. The zero-order chi connectivity index (χ0) is 8.55. The zero-order valence-corrected chi connectivity index (χ0v) is 7.21. The molecule has 1 aliphatic rings. The molecule has 3 heteroatoms. The average Bonchev–Trinajstić information content (AvgIpc) is 2.06. The summed E-state index contributed by atoms with van der Waals surface area (Å²) in [4.78, 5) is 12.7. The predicted molar refractivity (Wildman–Crippen MR) is 48.4 cm³/mol. The standard InChI is InChI=1S/C9H8ClNO/c10-7-3-1-2-4-8(7)11-6-5-9(11)12/h1-4H,5-6H2. The lowest BCUT2D eigenvalue weighted by Gasteiger charge is -2.31. The second kappa shape index (κ2) is 2.79. The summed E-state index contributed by atoms with van der Waals surface area (Å²) in [5, 5.41) is 0.644. The van der Waals surface area contributed by atoms with Crippen molar-refractivity contribution in [1.29, 1.82) is 0 Å². The zero-order valence-electron chi connectivity index (χ0n) is 6.46. The van der Waals surface area contributed by atoms with Crippen molar-refractivity contribution in [3.8, 4) is 0 Å². The van der Waals surface area contributed by atoms with E-state index in [1.807, 2.05) is 18.2 Å². The average molecular weight is 182 g/mol. The Kier molecular flexibility index (Phi) is 1.77. The Bertz CT molecular complexity index is 324. The molecule has 0 aromatic heterocycles. The fourth-order valence-corrected chi connectivity index (χ4v) is 1.48. The summed E-state index contributed by atoms with van der Waals surface area (Å²) < 4.78 is 0. The van der Waals surface area contributed by atoms with Gasteiger partial charge in [0.15, 0.2) is 0 Å². The lowest BCUT2D eigenvalue weighted by molar-refractivity contribution is -0.122. The van der Waals surface area contributed by atoms with Gasteiger partial charge in [-0.15, -0.1) is 0 Å². The molecule has 1 fully saturated rings. The fraction of sp³-hybridized carbons (Fsp3) is 0.222. The Labute approximate surface area is 75.7 Å². The number of nitrogens with zero attached hydrogens (tertiary/aromatic N) is 1. The third kappa shape index (κ3) is 1.08. The van der Waals surface area contributed by atoms with Gasteiger partial charge in [-0.3, -0.25) is 4.79 Å². The molecule has 12 heavy (non-hydrogen) atoms. The van der Waals surface area contributed by atoms with E-state index < -0.39 is 0 Å². The normalized spacial score (nSPS) is 16.1. The van der Waals surface area contributed by atoms with E-state index in [0.29, 0.717) is 11.4 Å². The molecule has 1 amide bonds. The number of benzene rings is 1. The van der Waals surface area contributed by atoms with Crippen LogP contribution in [0.2, 0.25) is 5.02 Å². The van der Waals surface area contributed by atoms with E-state index in [1.165, 1.54) is 0 Å². The number of anilines is 1. The summed E-state index contributed by atoms with van der Waals surface area (Å²) in [6.07, 6.45) is 0.644. The number of halogens is 1. The van der Waals surface area contributed by atoms with Crippen molar-refractivity contribution in [2.45, 2.75) is 6.42 Å². The Morgan fingerprint density at radius 3 is 2.58 bits per heavy atom. The minimum atomic E-state index is 0.156. The quantitative estimate of drug-likeness (QED) is 0.608. The third-order valence-corrected chi connectivity index (χ3v) is 2.31. The Morgan fingerprint density at radius 2 is 2.08 bits per heavy atom. The summed E-state index contributed by atoms with van der Waals surface area (Å²) >= 11 is 5.90. The Hall–Kier alpha value is -1.02. The second-order valence-corrected chi connectivity index (χ2v) is 3.15. The van der Waals surface area contributed by atoms with E-state index >= 15 is 0 Å². The van der Waals surface area contributed by atoms with Gasteiger partial charge in [-0.1, -0.05) is 23.7 Å². The van der Waals surface area contributed by atoms with Crippen LogP contribution in [0.4, 0.5) is 5.69 Å². The summed E-state index contributed by atoms with van der Waals surface area (Å²) in [7, 11) is 0. The number of rotatable bonds is 1. The topological polar surface area (TPSA) is 20.3 Å². The number of para-hydroxylation sites is 1. The summed E-state index contributed by atoms with van der Waals surface area (Å²) in [6, 6.07) is 7.39. The summed E-state index contributed by atoms with van der Waals surface area (Å²) in [6.45, 7) is 0.794. The maximum absolute atomic E-state index is 11.1. The van der Waals surface area contributed by atoms with E-state index in [2.05, 4.69) is 0 Å². The van der Waals surface area contributed by atoms with Crippen LogP contribution in [0.1, 0.15) is 6.42 Å². The Balaban J connectivity index is 2.33. The second-order valence-electron chi connectivity index (χ2n) is 2.75. The molecular formula is C9H8ClNO. The smallest absolute Gasteiger partial charge is 0.228 e. The van der Waals surface area contributed by atoms with E-state index in [9.17, 15) is 4.79 Å². The van der Waals surface area contributed by atoms with E-state index in [-0.39, 0.29) is 5.91 Å². The fourth-order valence-electron chi connectivity index (χ4n) is 1.24. The molecule has 0 N–H and O–H groups in total. The van der Waals surface area contributed by atoms with Gasteiger partial charge in [0.25, 0.3) is 0 Å². The molecule has 2 nitrogen and oxygen atoms in total. The number of carbonyl (C=O) groups is 1. The van der Waals surface area contributed by atoms with Gasteiger partial charge in [0.1, 0.15) is 0 Å². The van der Waals surface area contributed by atoms with Crippen molar-refractivity contribution in [3.05, 3.63) is 29.3 Å². The van der Waals surface area contributed by atoms with Crippen LogP contribution in [0.25, 0.3) is 0 Å². The van der Waals surface area contributed by atoms with Crippen LogP contribution in [0.5, 0.6) is 0 Å². The summed E-state index contributed by atoms with van der Waals surface area (Å²) in [5.41, 5.74) is 0.829. The lowest BCUT2D eigenvalue weighted by Crippen LogP contribution is -2.43. The molecule has 1 aromatic carbocycles. The number of amides is 1. The monoisotopic (exact) mass is 181 g/mol. The molecule has 62 valence electrons. The SMILES string of the molecule is O=C1CCN1c1ccccc1Cl. The van der Waals surface area contributed by atoms with Gasteiger partial charge >= 0.3 is 0 Å². The van der Waals surface area contributed by atoms with Crippen molar-refractivity contribution in [2.24, 2.45) is 0 Å². The van der Waals surface area contributed by atoms with Gasteiger partial charge in [-0.05, 0) is 12.1 Å². The predicted octanol–water partition coefficient (Wildman–Crippen LogP) is 2.08. The van der Waals surface area contributed by atoms with E-state index in [1.54, 1.807) is 11.0 Å². The highest BCUT2D eigenvalue weighted by Gasteiger charge is 2.26. The maximum atomic E-state index is 11.1. The highest BCUT2D eigenvalue weighted by molar-refractivity contribution is 6.34. The molecule has 0 saturated carbocycles. The molecule has 1 heterocycles. The highest BCUT2D eigenvalue weighted by atomic mass is 35.5. The molecule has 0 radical (unpaired) electrons. The van der Waals surface area contributed by atoms with Crippen LogP contribution < -0.4 is 4.90 Å². The molecule has 1 aliphatic heterocycles. The number of hydrogen-bond acceptors (Lipinski definition) is 1. The van der Waals surface area contributed by atoms with Crippen LogP contribution in [-0.2, 0) is 4.79 Å². The molecule has 0 aliphatic carbocycles. The van der Waals surface area contributed by atoms with Gasteiger partial charge in [0.2, 0.25) is 5.91 Å². The first-order chi connectivity index (χ1) is 5.79. The van der Waals surface area contributed by atoms with E-state index in [4.69, 9.17) is 11.6 Å². The molecule has 0 bridgehead atoms. The molecule has 1 aromatic rings. The minimum Gasteiger partial charge on any atom is -0.310 e. The van der Waals surface area contributed by atoms with Crippen molar-refractivity contribution in [2.75, 3.05) is 11.4 Å². The molecule has 0 spiro atoms. The third-order valence-electron chi connectivity index (χ3n) is 1.99. The molecular weight excluding hydrogens is 174 g/mol. The van der Waals surface area contributed by atoms with E-state index in [0.717, 1.165) is 12.2 Å². The lowest BCUT2D eigenvalue weighted by atomic mass is 10.1. The molecule has 0 unspecified atom stereocenters. The van der Waals surface area contributed by atoms with Gasteiger partial charge in [0.05, 0.1) is 10.7 Å². The molecule has 0 atom stereocenters. The number of β-lactam (4-membered cyclic amide) rings is 1. The van der Waals surface area contributed by atoms with Crippen molar-refractivity contribution < 1.29 is 4.79 Å². The van der Waals surface area contributed by atoms with Crippen LogP contribution in [0.15, 0.2) is 24.3 Å². The van der Waals surface area contributed by atoms with Crippen molar-refractivity contribution in [1.82, 2.24) is 0 Å². The highest BCUT2D eigenvalue weighted by Crippen LogP contribution is 2.29. The van der Waals surface area contributed by atoms with Crippen LogP contribution in [0.3, 0.4) is 0 Å². The first kappa shape index (κ1) is 7.62. The van der Waals surface area contributed by atoms with Gasteiger partial charge in [0, 0.05) is 13.0 Å². The maximum Gasteiger partial charge on any atom is 0.228 e. The Morgan fingerprint density at radius 1 is 1.33 bits per heavy atom. The van der Waals surface area contributed by atoms with Crippen molar-refractivity contribution >= 4 is 23.2 Å². The van der Waals surface area contributed by atoms with Crippen molar-refractivity contribution in [3.63, 3.8) is 0 Å². The molecule has 1 saturated heterocycles. The first-order valence-corrected chi connectivity index (χ1v) is 4.22. The minimum absolute atomic E-state index is 0.156. The van der Waals surface area contributed by atoms with Crippen LogP contribution in [0, 0.1) is 0 Å². The van der Waals surface area contributed by atoms with Gasteiger partial charge < -0.3 is 4.90 Å². The number of carbonyl (C=O) groups excluding carboxylic acids is 1.